The van der Waals surface area contributed by atoms with Gasteiger partial charge in [-0.15, -0.1) is 11.8 Å². The topological polar surface area (TPSA) is 0 Å². The molecule has 0 fully saturated rings. The van der Waals surface area contributed by atoms with Gasteiger partial charge in [0.1, 0.15) is 0 Å². The first-order valence-electron chi connectivity index (χ1n) is 2.80. The van der Waals surface area contributed by atoms with Crippen molar-refractivity contribution in [1.29, 1.82) is 0 Å². The average molecular weight is 186 g/mol. The fraction of sp³-hybridized carbons (Fsp3) is 0.143. The summed E-state index contributed by atoms with van der Waals surface area (Å²) in [6.45, 7) is 0. The molecule has 0 bridgehead atoms. The van der Waals surface area contributed by atoms with Crippen molar-refractivity contribution in [3.05, 3.63) is 23.2 Å². The molecule has 0 aliphatic carbocycles. The predicted molar refractivity (Wildman–Crippen MR) is 48.6 cm³/mol. The summed E-state index contributed by atoms with van der Waals surface area (Å²) in [5.41, 5.74) is 0. The predicted octanol–water partition coefficient (Wildman–Crippen LogP) is 1.86. The first-order valence-corrected chi connectivity index (χ1v) is 4.90. The van der Waals surface area contributed by atoms with Crippen LogP contribution >= 0.6 is 23.4 Å². The van der Waals surface area contributed by atoms with E-state index in [9.17, 15) is 0 Å². The maximum Gasteiger partial charge on any atom is 0.0733 e. The number of rotatable bonds is 1. The summed E-state index contributed by atoms with van der Waals surface area (Å²) >= 11 is 7.57. The fourth-order valence-corrected chi connectivity index (χ4v) is 1.85. The summed E-state index contributed by atoms with van der Waals surface area (Å²) in [6, 6.07) is 5.90. The van der Waals surface area contributed by atoms with Crippen LogP contribution in [-0.4, -0.2) is 16.5 Å². The first kappa shape index (κ1) is 8.18. The van der Waals surface area contributed by atoms with Gasteiger partial charge in [0.05, 0.1) is 15.3 Å². The molecule has 51 valence electrons. The Hall–Kier alpha value is 0.0769. The third-order valence-corrected chi connectivity index (χ3v) is 3.06. The molecule has 3 heteroatoms. The molecule has 0 N–H and O–H groups in total. The van der Waals surface area contributed by atoms with E-state index in [1.165, 1.54) is 0 Å². The minimum Gasteiger partial charge on any atom is -0.128 e. The maximum atomic E-state index is 5.92. The zero-order chi connectivity index (χ0) is 7.56. The molecule has 0 spiro atoms. The second-order valence-corrected chi connectivity index (χ2v) is 3.59. The minimum atomic E-state index is 0.798. The van der Waals surface area contributed by atoms with Crippen molar-refractivity contribution in [2.24, 2.45) is 0 Å². The van der Waals surface area contributed by atoms with Crippen LogP contribution in [0.4, 0.5) is 0 Å². The van der Waals surface area contributed by atoms with E-state index in [1.54, 1.807) is 11.8 Å². The van der Waals surface area contributed by atoms with Crippen molar-refractivity contribution in [3.63, 3.8) is 0 Å². The van der Waals surface area contributed by atoms with E-state index in [-0.39, 0.29) is 0 Å². The molecular formula is C7H6ClSSi. The van der Waals surface area contributed by atoms with Gasteiger partial charge in [-0.1, -0.05) is 23.7 Å². The Kier molecular flexibility index (Phi) is 2.83. The maximum absolute atomic E-state index is 5.92. The van der Waals surface area contributed by atoms with Crippen LogP contribution in [0.2, 0.25) is 5.02 Å². The number of hydrogen-bond acceptors (Lipinski definition) is 1. The van der Waals surface area contributed by atoms with E-state index in [4.69, 9.17) is 11.6 Å². The smallest absolute Gasteiger partial charge is 0.0733 e. The molecule has 10 heavy (non-hydrogen) atoms. The molecule has 0 aromatic heterocycles. The molecule has 0 nitrogen and oxygen atoms in total. The van der Waals surface area contributed by atoms with Gasteiger partial charge in [-0.2, -0.15) is 0 Å². The van der Waals surface area contributed by atoms with E-state index in [0.29, 0.717) is 0 Å². The van der Waals surface area contributed by atoms with Crippen LogP contribution in [0.3, 0.4) is 0 Å². The van der Waals surface area contributed by atoms with Gasteiger partial charge in [0.15, 0.2) is 0 Å². The van der Waals surface area contributed by atoms with Gasteiger partial charge in [-0.3, -0.25) is 0 Å². The van der Waals surface area contributed by atoms with Crippen LogP contribution in [0.5, 0.6) is 0 Å². The van der Waals surface area contributed by atoms with Crippen molar-refractivity contribution < 1.29 is 0 Å². The second-order valence-electron chi connectivity index (χ2n) is 1.82. The Labute approximate surface area is 73.4 Å². The number of benzene rings is 1. The fourth-order valence-electron chi connectivity index (χ4n) is 0.668. The lowest BCUT2D eigenvalue weighted by Crippen LogP contribution is -2.03. The van der Waals surface area contributed by atoms with E-state index in [1.807, 2.05) is 24.5 Å². The Morgan fingerprint density at radius 3 is 2.70 bits per heavy atom. The van der Waals surface area contributed by atoms with Gasteiger partial charge in [0.2, 0.25) is 0 Å². The molecule has 0 amide bonds. The minimum absolute atomic E-state index is 0.798. The highest BCUT2D eigenvalue weighted by Gasteiger charge is 1.98. The molecule has 0 saturated carbocycles. The summed E-state index contributed by atoms with van der Waals surface area (Å²) in [6.07, 6.45) is 2.01. The second kappa shape index (κ2) is 3.46. The van der Waals surface area contributed by atoms with Crippen molar-refractivity contribution in [2.75, 3.05) is 6.26 Å². The Morgan fingerprint density at radius 1 is 1.50 bits per heavy atom. The van der Waals surface area contributed by atoms with Gasteiger partial charge >= 0.3 is 0 Å². The highest BCUT2D eigenvalue weighted by atomic mass is 35.5. The lowest BCUT2D eigenvalue weighted by atomic mass is 10.4. The largest absolute Gasteiger partial charge is 0.128 e. The average Bonchev–Trinajstić information content (AvgIpc) is 1.95. The van der Waals surface area contributed by atoms with Gasteiger partial charge < -0.3 is 0 Å². The van der Waals surface area contributed by atoms with E-state index >= 15 is 0 Å². The first-order chi connectivity index (χ1) is 4.75. The third-order valence-electron chi connectivity index (χ3n) is 1.18. The van der Waals surface area contributed by atoms with Crippen molar-refractivity contribution in [3.8, 4) is 0 Å². The lowest BCUT2D eigenvalue weighted by Gasteiger charge is -2.01. The summed E-state index contributed by atoms with van der Waals surface area (Å²) in [4.78, 5) is 1.11. The van der Waals surface area contributed by atoms with E-state index in [2.05, 4.69) is 10.2 Å². The zero-order valence-corrected chi connectivity index (χ0v) is 8.09. The van der Waals surface area contributed by atoms with Gasteiger partial charge in [-0.05, 0) is 17.5 Å². The highest BCUT2D eigenvalue weighted by molar-refractivity contribution is 7.98. The molecule has 0 aliphatic rings. The van der Waals surface area contributed by atoms with Gasteiger partial charge in [0.25, 0.3) is 0 Å². The van der Waals surface area contributed by atoms with Crippen LogP contribution in [0.1, 0.15) is 0 Å². The lowest BCUT2D eigenvalue weighted by molar-refractivity contribution is 1.50. The SMILES string of the molecule is CSc1cccc([Si])c1Cl. The number of hydrogen-bond donors (Lipinski definition) is 0. The summed E-state index contributed by atoms with van der Waals surface area (Å²) in [5.74, 6) is 0. The van der Waals surface area contributed by atoms with Crippen molar-refractivity contribution in [2.45, 2.75) is 4.90 Å². The summed E-state index contributed by atoms with van der Waals surface area (Å²) < 4.78 is 0. The summed E-state index contributed by atoms with van der Waals surface area (Å²) in [7, 11) is 3.39. The van der Waals surface area contributed by atoms with Crippen molar-refractivity contribution >= 4 is 38.8 Å². The molecule has 0 unspecified atom stereocenters. The Balaban J connectivity index is 3.14. The van der Waals surface area contributed by atoms with E-state index in [0.717, 1.165) is 15.1 Å². The Bertz CT molecular complexity index is 237. The highest BCUT2D eigenvalue weighted by Crippen LogP contribution is 2.21. The molecule has 0 saturated heterocycles. The molecule has 0 heterocycles. The van der Waals surface area contributed by atoms with Gasteiger partial charge in [-0.25, -0.2) is 0 Å². The normalized spacial score (nSPS) is 9.90. The van der Waals surface area contributed by atoms with E-state index < -0.39 is 0 Å². The molecule has 3 radical (unpaired) electrons. The van der Waals surface area contributed by atoms with Crippen molar-refractivity contribution in [1.82, 2.24) is 0 Å². The number of thioether (sulfide) groups is 1. The number of halogens is 1. The van der Waals surface area contributed by atoms with Crippen LogP contribution in [0.15, 0.2) is 23.1 Å². The molecule has 1 rings (SSSR count). The molecule has 0 aliphatic heterocycles. The van der Waals surface area contributed by atoms with Crippen LogP contribution < -0.4 is 5.19 Å². The quantitative estimate of drug-likeness (QED) is 0.476. The Morgan fingerprint density at radius 2 is 2.20 bits per heavy atom. The molecular weight excluding hydrogens is 180 g/mol. The molecule has 1 aromatic rings. The molecule has 0 atom stereocenters. The van der Waals surface area contributed by atoms with Gasteiger partial charge in [0, 0.05) is 4.90 Å². The van der Waals surface area contributed by atoms with Crippen LogP contribution in [0, 0.1) is 0 Å². The molecule has 1 aromatic carbocycles. The third kappa shape index (κ3) is 1.57. The van der Waals surface area contributed by atoms with Crippen LogP contribution in [0.25, 0.3) is 0 Å². The monoisotopic (exact) mass is 185 g/mol. The standard InChI is InChI=1S/C7H6ClSSi/c1-9-5-3-2-4-6(10)7(5)8/h2-4H,1H3. The summed E-state index contributed by atoms with van der Waals surface area (Å²) in [5, 5.41) is 1.75. The van der Waals surface area contributed by atoms with Crippen LogP contribution in [-0.2, 0) is 0 Å². The zero-order valence-electron chi connectivity index (χ0n) is 5.52.